The van der Waals surface area contributed by atoms with Gasteiger partial charge in [-0.2, -0.15) is 0 Å². The molecule has 0 heterocycles. The molecule has 190 valence electrons. The molecule has 0 aliphatic heterocycles. The molecule has 0 saturated heterocycles. The van der Waals surface area contributed by atoms with E-state index in [4.69, 9.17) is 4.74 Å². The van der Waals surface area contributed by atoms with Gasteiger partial charge in [-0.1, -0.05) is 97.9 Å². The number of nitrogens with one attached hydrogen (secondary N) is 1. The Bertz CT molecular complexity index is 1330. The van der Waals surface area contributed by atoms with Crippen LogP contribution in [0, 0.1) is 6.92 Å². The fourth-order valence-corrected chi connectivity index (χ4v) is 4.43. The van der Waals surface area contributed by atoms with Gasteiger partial charge in [0.25, 0.3) is 5.91 Å². The monoisotopic (exact) mass is 494 g/mol. The van der Waals surface area contributed by atoms with E-state index in [0.29, 0.717) is 25.3 Å². The summed E-state index contributed by atoms with van der Waals surface area (Å²) >= 11 is 0. The smallest absolute Gasteiger partial charge is 0.261 e. The van der Waals surface area contributed by atoms with E-state index >= 15 is 0 Å². The molecule has 0 fully saturated rings. The minimum Gasteiger partial charge on any atom is -0.483 e. The van der Waals surface area contributed by atoms with E-state index in [1.807, 2.05) is 111 Å². The third-order valence-electron chi connectivity index (χ3n) is 6.52. The lowest BCUT2D eigenvalue weighted by Gasteiger charge is -2.32. The summed E-state index contributed by atoms with van der Waals surface area (Å²) in [6, 6.07) is 30.9. The minimum atomic E-state index is -0.669. The first-order chi connectivity index (χ1) is 18.1. The van der Waals surface area contributed by atoms with E-state index in [2.05, 4.69) is 5.32 Å². The highest BCUT2D eigenvalue weighted by molar-refractivity contribution is 5.90. The Morgan fingerprint density at radius 3 is 2.35 bits per heavy atom. The number of rotatable bonds is 11. The number of nitrogens with zero attached hydrogens (tertiary/aromatic N) is 1. The van der Waals surface area contributed by atoms with Crippen molar-refractivity contribution in [1.29, 1.82) is 0 Å². The Balaban J connectivity index is 1.64. The maximum Gasteiger partial charge on any atom is 0.261 e. The van der Waals surface area contributed by atoms with Crippen molar-refractivity contribution < 1.29 is 14.3 Å². The number of carbonyl (C=O) groups excluding carboxylic acids is 2. The van der Waals surface area contributed by atoms with E-state index in [1.54, 1.807) is 4.90 Å². The van der Waals surface area contributed by atoms with Crippen molar-refractivity contribution in [2.24, 2.45) is 0 Å². The van der Waals surface area contributed by atoms with Crippen molar-refractivity contribution in [2.75, 3.05) is 13.2 Å². The maximum atomic E-state index is 13.8. The second-order valence-electron chi connectivity index (χ2n) is 9.21. The Hall–Kier alpha value is -4.12. The van der Waals surface area contributed by atoms with E-state index in [0.717, 1.165) is 33.9 Å². The molecule has 0 spiro atoms. The number of aryl methyl sites for hydroxylation is 1. The molecule has 5 heteroatoms. The zero-order valence-corrected chi connectivity index (χ0v) is 21.5. The van der Waals surface area contributed by atoms with Gasteiger partial charge in [0.1, 0.15) is 11.8 Å². The van der Waals surface area contributed by atoms with Crippen LogP contribution in [0.15, 0.2) is 97.1 Å². The van der Waals surface area contributed by atoms with Crippen LogP contribution in [0.3, 0.4) is 0 Å². The Morgan fingerprint density at radius 1 is 0.865 bits per heavy atom. The molecular weight excluding hydrogens is 460 g/mol. The summed E-state index contributed by atoms with van der Waals surface area (Å²) in [6.07, 6.45) is 1.24. The molecule has 0 radical (unpaired) electrons. The molecule has 2 amide bonds. The molecule has 1 N–H and O–H groups in total. The van der Waals surface area contributed by atoms with Crippen LogP contribution < -0.4 is 10.1 Å². The normalized spacial score (nSPS) is 11.6. The van der Waals surface area contributed by atoms with Crippen LogP contribution in [0.4, 0.5) is 0 Å². The number of hydrogen-bond donors (Lipinski definition) is 1. The molecule has 1 atom stereocenters. The highest BCUT2D eigenvalue weighted by Crippen LogP contribution is 2.25. The average molecular weight is 495 g/mol. The summed E-state index contributed by atoms with van der Waals surface area (Å²) < 4.78 is 6.07. The van der Waals surface area contributed by atoms with E-state index in [1.165, 1.54) is 0 Å². The topological polar surface area (TPSA) is 58.6 Å². The maximum absolute atomic E-state index is 13.8. The van der Waals surface area contributed by atoms with Crippen LogP contribution in [-0.2, 0) is 22.6 Å². The van der Waals surface area contributed by atoms with Gasteiger partial charge in [-0.25, -0.2) is 0 Å². The first kappa shape index (κ1) is 26.0. The van der Waals surface area contributed by atoms with Crippen molar-refractivity contribution in [3.05, 3.63) is 114 Å². The summed E-state index contributed by atoms with van der Waals surface area (Å²) in [5.74, 6) is 0.263. The van der Waals surface area contributed by atoms with Crippen LogP contribution in [0.25, 0.3) is 10.8 Å². The van der Waals surface area contributed by atoms with Gasteiger partial charge in [-0.15, -0.1) is 0 Å². The highest BCUT2D eigenvalue weighted by Gasteiger charge is 2.31. The van der Waals surface area contributed by atoms with Gasteiger partial charge in [0.15, 0.2) is 6.61 Å². The lowest BCUT2D eigenvalue weighted by molar-refractivity contribution is -0.142. The highest BCUT2D eigenvalue weighted by atomic mass is 16.5. The van der Waals surface area contributed by atoms with Crippen molar-refractivity contribution in [3.63, 3.8) is 0 Å². The van der Waals surface area contributed by atoms with Gasteiger partial charge in [0.2, 0.25) is 5.91 Å². The Kier molecular flexibility index (Phi) is 8.93. The Morgan fingerprint density at radius 2 is 1.57 bits per heavy atom. The summed E-state index contributed by atoms with van der Waals surface area (Å²) in [6.45, 7) is 4.76. The van der Waals surface area contributed by atoms with Crippen LogP contribution in [0.5, 0.6) is 5.75 Å². The molecule has 37 heavy (non-hydrogen) atoms. The predicted molar refractivity (Wildman–Crippen MR) is 148 cm³/mol. The molecule has 4 aromatic carbocycles. The Labute approximate surface area is 219 Å². The summed E-state index contributed by atoms with van der Waals surface area (Å²) in [7, 11) is 0. The quantitative estimate of drug-likeness (QED) is 0.291. The summed E-state index contributed by atoms with van der Waals surface area (Å²) in [5.41, 5.74) is 3.07. The summed E-state index contributed by atoms with van der Waals surface area (Å²) in [5, 5.41) is 5.01. The van der Waals surface area contributed by atoms with Crippen LogP contribution in [-0.4, -0.2) is 35.9 Å². The molecule has 0 aliphatic rings. The summed E-state index contributed by atoms with van der Waals surface area (Å²) in [4.78, 5) is 28.9. The van der Waals surface area contributed by atoms with Gasteiger partial charge < -0.3 is 15.0 Å². The average Bonchev–Trinajstić information content (AvgIpc) is 2.93. The molecule has 0 unspecified atom stereocenters. The molecule has 0 saturated carbocycles. The van der Waals surface area contributed by atoms with Gasteiger partial charge in [-0.3, -0.25) is 9.59 Å². The van der Waals surface area contributed by atoms with Gasteiger partial charge in [0.05, 0.1) is 0 Å². The zero-order chi connectivity index (χ0) is 26.0. The molecule has 0 aliphatic carbocycles. The second-order valence-corrected chi connectivity index (χ2v) is 9.21. The van der Waals surface area contributed by atoms with Gasteiger partial charge in [-0.05, 0) is 41.5 Å². The first-order valence-corrected chi connectivity index (χ1v) is 12.8. The number of hydrogen-bond acceptors (Lipinski definition) is 3. The molecule has 4 rings (SSSR count). The van der Waals surface area contributed by atoms with Gasteiger partial charge in [0, 0.05) is 24.9 Å². The van der Waals surface area contributed by atoms with Crippen molar-refractivity contribution in [3.8, 4) is 5.75 Å². The second kappa shape index (κ2) is 12.7. The fraction of sp³-hybridized carbons (Fsp3) is 0.250. The third-order valence-corrected chi connectivity index (χ3v) is 6.52. The standard InChI is InChI=1S/C32H34N2O3/c1-3-20-33-32(36)29(21-25-13-5-4-6-14-25)34(22-27-16-8-7-12-24(27)2)31(35)23-37-30-19-11-17-26-15-9-10-18-28(26)30/h4-19,29H,3,20-23H2,1-2H3,(H,33,36)/t29-/m1/s1. The minimum absolute atomic E-state index is 0.155. The lowest BCUT2D eigenvalue weighted by atomic mass is 10.0. The SMILES string of the molecule is CCCNC(=O)[C@@H](Cc1ccccc1)N(Cc1ccccc1C)C(=O)COc1cccc2ccccc12. The van der Waals surface area contributed by atoms with E-state index in [-0.39, 0.29) is 18.4 Å². The largest absolute Gasteiger partial charge is 0.483 e. The third kappa shape index (κ3) is 6.76. The number of ether oxygens (including phenoxy) is 1. The molecule has 5 nitrogen and oxygen atoms in total. The van der Waals surface area contributed by atoms with Crippen LogP contribution in [0.2, 0.25) is 0 Å². The first-order valence-electron chi connectivity index (χ1n) is 12.8. The van der Waals surface area contributed by atoms with Gasteiger partial charge >= 0.3 is 0 Å². The number of carbonyl (C=O) groups is 2. The van der Waals surface area contributed by atoms with E-state index in [9.17, 15) is 9.59 Å². The molecule has 0 aromatic heterocycles. The predicted octanol–water partition coefficient (Wildman–Crippen LogP) is 5.69. The number of benzene rings is 4. The van der Waals surface area contributed by atoms with Crippen molar-refractivity contribution in [1.82, 2.24) is 10.2 Å². The lowest BCUT2D eigenvalue weighted by Crippen LogP contribution is -2.51. The van der Waals surface area contributed by atoms with Crippen LogP contribution in [0.1, 0.15) is 30.0 Å². The van der Waals surface area contributed by atoms with Crippen molar-refractivity contribution >= 4 is 22.6 Å². The zero-order valence-electron chi connectivity index (χ0n) is 21.5. The van der Waals surface area contributed by atoms with Crippen LogP contribution >= 0.6 is 0 Å². The number of amides is 2. The van der Waals surface area contributed by atoms with E-state index < -0.39 is 6.04 Å². The molecule has 0 bridgehead atoms. The fourth-order valence-electron chi connectivity index (χ4n) is 4.43. The molecule has 4 aromatic rings. The number of fused-ring (bicyclic) bond motifs is 1. The molecular formula is C32H34N2O3. The van der Waals surface area contributed by atoms with Crippen molar-refractivity contribution in [2.45, 2.75) is 39.3 Å².